The van der Waals surface area contributed by atoms with E-state index in [9.17, 15) is 35.1 Å². The normalized spacial score (nSPS) is 25.4. The zero-order valence-electron chi connectivity index (χ0n) is 21.6. The van der Waals surface area contributed by atoms with Gasteiger partial charge in [0.25, 0.3) is 0 Å². The van der Waals surface area contributed by atoms with E-state index in [-0.39, 0.29) is 34.3 Å². The number of benzene rings is 2. The second-order valence-electron chi connectivity index (χ2n) is 9.86. The molecule has 1 aliphatic heterocycles. The van der Waals surface area contributed by atoms with Crippen LogP contribution < -0.4 is 19.6 Å². The van der Waals surface area contributed by atoms with Crippen molar-refractivity contribution in [2.24, 2.45) is 0 Å². The summed E-state index contributed by atoms with van der Waals surface area (Å²) in [4.78, 5) is 24.7. The van der Waals surface area contributed by atoms with Crippen molar-refractivity contribution in [3.63, 3.8) is 0 Å². The Hall–Kier alpha value is -3.84. The molecule has 0 radical (unpaired) electrons. The number of aliphatic carboxylic acids is 1. The lowest BCUT2D eigenvalue weighted by atomic mass is 9.97. The van der Waals surface area contributed by atoms with Gasteiger partial charge in [0, 0.05) is 17.7 Å². The molecule has 2 aromatic carbocycles. The first-order chi connectivity index (χ1) is 19.2. The first-order valence-corrected chi connectivity index (χ1v) is 12.9. The second-order valence-corrected chi connectivity index (χ2v) is 9.86. The van der Waals surface area contributed by atoms with Gasteiger partial charge in [-0.15, -0.1) is 0 Å². The molecule has 1 aromatic heterocycles. The minimum Gasteiger partial charge on any atom is -0.504 e. The number of carboxylic acids is 1. The van der Waals surface area contributed by atoms with Crippen molar-refractivity contribution in [3.05, 3.63) is 46.6 Å². The zero-order chi connectivity index (χ0) is 28.6. The van der Waals surface area contributed by atoms with Crippen LogP contribution in [-0.2, 0) is 9.53 Å². The van der Waals surface area contributed by atoms with Gasteiger partial charge in [-0.3, -0.25) is 4.79 Å². The fourth-order valence-electron chi connectivity index (χ4n) is 4.98. The molecule has 2 heterocycles. The van der Waals surface area contributed by atoms with E-state index in [1.807, 2.05) is 0 Å². The monoisotopic (exact) mass is 558 g/mol. The lowest BCUT2D eigenvalue weighted by Crippen LogP contribution is -2.61. The quantitative estimate of drug-likeness (QED) is 0.285. The lowest BCUT2D eigenvalue weighted by Gasteiger charge is -2.38. The molecule has 5 rings (SSSR count). The van der Waals surface area contributed by atoms with E-state index in [0.717, 1.165) is 19.3 Å². The van der Waals surface area contributed by atoms with Crippen LogP contribution in [0, 0.1) is 0 Å². The maximum absolute atomic E-state index is 13.2. The van der Waals surface area contributed by atoms with Crippen molar-refractivity contribution in [1.82, 2.24) is 0 Å². The highest BCUT2D eigenvalue weighted by Crippen LogP contribution is 2.45. The van der Waals surface area contributed by atoms with Crippen LogP contribution in [0.5, 0.6) is 23.0 Å². The fraction of sp³-hybridized carbons (Fsp3) is 0.429. The SMILES string of the molecule is COc1ccc(-c2cc(=O)c3c(O)c(OC4CCCCC4)c(O[C@H]4O[C@H](C(=O)O)[C@@H](O)[C@@H](O)[C@H]4O)cc3o2)cc1. The number of fused-ring (bicyclic) bond motifs is 1. The first-order valence-electron chi connectivity index (χ1n) is 12.9. The van der Waals surface area contributed by atoms with Gasteiger partial charge in [-0.05, 0) is 49.9 Å². The number of aliphatic hydroxyl groups excluding tert-OH is 3. The van der Waals surface area contributed by atoms with E-state index in [0.29, 0.717) is 24.2 Å². The average Bonchev–Trinajstić information content (AvgIpc) is 2.95. The standard InChI is InChI=1S/C28H30O12/c1-36-14-9-7-13(8-10-14)17-11-16(29)20-18(38-17)12-19(25(21(20)30)37-15-5-3-2-4-6-15)39-28-24(33)22(31)23(32)26(40-28)27(34)35/h7-12,15,22-24,26,28,30-33H,2-6H2,1H3,(H,34,35)/t22-,23+,24-,26+,28+/m1/s1. The summed E-state index contributed by atoms with van der Waals surface area (Å²) in [6, 6.07) is 9.25. The summed E-state index contributed by atoms with van der Waals surface area (Å²) in [5.41, 5.74) is -0.0812. The molecule has 1 saturated heterocycles. The summed E-state index contributed by atoms with van der Waals surface area (Å²) < 4.78 is 28.2. The molecule has 1 saturated carbocycles. The number of aromatic hydroxyl groups is 1. The fourth-order valence-corrected chi connectivity index (χ4v) is 4.98. The maximum Gasteiger partial charge on any atom is 0.335 e. The van der Waals surface area contributed by atoms with E-state index in [1.54, 1.807) is 24.3 Å². The highest BCUT2D eigenvalue weighted by molar-refractivity contribution is 5.89. The molecule has 3 aromatic rings. The number of hydrogen-bond acceptors (Lipinski definition) is 11. The molecule has 2 fully saturated rings. The summed E-state index contributed by atoms with van der Waals surface area (Å²) >= 11 is 0. The van der Waals surface area contributed by atoms with Crippen LogP contribution in [0.25, 0.3) is 22.3 Å². The summed E-state index contributed by atoms with van der Waals surface area (Å²) in [5.74, 6) is -1.79. The third-order valence-corrected chi connectivity index (χ3v) is 7.18. The van der Waals surface area contributed by atoms with Crippen molar-refractivity contribution in [2.75, 3.05) is 7.11 Å². The highest BCUT2D eigenvalue weighted by atomic mass is 16.7. The molecule has 5 N–H and O–H groups in total. The van der Waals surface area contributed by atoms with Gasteiger partial charge in [0.1, 0.15) is 40.8 Å². The van der Waals surface area contributed by atoms with Crippen molar-refractivity contribution in [1.29, 1.82) is 0 Å². The molecule has 0 unspecified atom stereocenters. The van der Waals surface area contributed by atoms with Crippen LogP contribution in [0.3, 0.4) is 0 Å². The third kappa shape index (κ3) is 5.30. The van der Waals surface area contributed by atoms with Crippen molar-refractivity contribution < 1.29 is 53.7 Å². The van der Waals surface area contributed by atoms with Gasteiger partial charge < -0.3 is 48.9 Å². The van der Waals surface area contributed by atoms with E-state index < -0.39 is 47.9 Å². The molecule has 1 aliphatic carbocycles. The topological polar surface area (TPSA) is 185 Å². The molecule has 214 valence electrons. The molecule has 2 aliphatic rings. The summed E-state index contributed by atoms with van der Waals surface area (Å²) in [6.45, 7) is 0. The number of rotatable bonds is 7. The summed E-state index contributed by atoms with van der Waals surface area (Å²) in [6.07, 6.45) is -5.45. The van der Waals surface area contributed by atoms with Gasteiger partial charge in [-0.1, -0.05) is 6.42 Å². The van der Waals surface area contributed by atoms with Gasteiger partial charge in [-0.2, -0.15) is 0 Å². The number of methoxy groups -OCH3 is 1. The zero-order valence-corrected chi connectivity index (χ0v) is 21.6. The smallest absolute Gasteiger partial charge is 0.335 e. The Labute approximate surface area is 227 Å². The van der Waals surface area contributed by atoms with Crippen LogP contribution in [-0.4, -0.2) is 75.4 Å². The van der Waals surface area contributed by atoms with E-state index in [2.05, 4.69) is 0 Å². The van der Waals surface area contributed by atoms with Crippen LogP contribution in [0.4, 0.5) is 0 Å². The molecule has 5 atom stereocenters. The molecular weight excluding hydrogens is 528 g/mol. The summed E-state index contributed by atoms with van der Waals surface area (Å²) in [5, 5.41) is 51.2. The predicted octanol–water partition coefficient (Wildman–Crippen LogP) is 2.16. The highest BCUT2D eigenvalue weighted by Gasteiger charge is 2.48. The first kappa shape index (κ1) is 27.7. The Morgan fingerprint density at radius 3 is 2.30 bits per heavy atom. The minimum absolute atomic E-state index is 0.0810. The number of ether oxygens (including phenoxy) is 4. The van der Waals surface area contributed by atoms with Crippen LogP contribution in [0.1, 0.15) is 32.1 Å². The average molecular weight is 559 g/mol. The van der Waals surface area contributed by atoms with Crippen molar-refractivity contribution in [2.45, 2.75) is 68.9 Å². The molecule has 0 amide bonds. The Bertz CT molecular complexity index is 1430. The summed E-state index contributed by atoms with van der Waals surface area (Å²) in [7, 11) is 1.52. The lowest BCUT2D eigenvalue weighted by molar-refractivity contribution is -0.271. The van der Waals surface area contributed by atoms with Gasteiger partial charge in [0.15, 0.2) is 23.0 Å². The number of aliphatic hydroxyl groups is 3. The van der Waals surface area contributed by atoms with Gasteiger partial charge in [-0.25, -0.2) is 4.79 Å². The Kier molecular flexibility index (Phi) is 7.86. The Morgan fingerprint density at radius 2 is 1.65 bits per heavy atom. The van der Waals surface area contributed by atoms with Gasteiger partial charge >= 0.3 is 5.97 Å². The second kappa shape index (κ2) is 11.3. The van der Waals surface area contributed by atoms with Crippen molar-refractivity contribution >= 4 is 16.9 Å². The van der Waals surface area contributed by atoms with Gasteiger partial charge in [0.05, 0.1) is 13.2 Å². The molecule has 12 nitrogen and oxygen atoms in total. The predicted molar refractivity (Wildman–Crippen MR) is 139 cm³/mol. The molecule has 0 spiro atoms. The Morgan fingerprint density at radius 1 is 0.950 bits per heavy atom. The number of carboxylic acid groups (broad SMARTS) is 1. The van der Waals surface area contributed by atoms with Crippen LogP contribution >= 0.6 is 0 Å². The maximum atomic E-state index is 13.2. The third-order valence-electron chi connectivity index (χ3n) is 7.18. The number of phenolic OH excluding ortho intramolecular Hbond substituents is 1. The molecular formula is C28H30O12. The van der Waals surface area contributed by atoms with Crippen LogP contribution in [0.15, 0.2) is 45.6 Å². The number of phenols is 1. The van der Waals surface area contributed by atoms with Crippen LogP contribution in [0.2, 0.25) is 0 Å². The van der Waals surface area contributed by atoms with E-state index in [1.165, 1.54) is 19.2 Å². The largest absolute Gasteiger partial charge is 0.504 e. The van der Waals surface area contributed by atoms with Gasteiger partial charge in [0.2, 0.25) is 12.0 Å². The molecule has 0 bridgehead atoms. The molecule has 40 heavy (non-hydrogen) atoms. The van der Waals surface area contributed by atoms with E-state index in [4.69, 9.17) is 23.4 Å². The number of hydrogen-bond donors (Lipinski definition) is 5. The van der Waals surface area contributed by atoms with E-state index >= 15 is 0 Å². The molecule has 12 heteroatoms. The van der Waals surface area contributed by atoms with Crippen molar-refractivity contribution in [3.8, 4) is 34.3 Å². The number of carbonyl (C=O) groups is 1. The minimum atomic E-state index is -1.92. The Balaban J connectivity index is 1.60.